The van der Waals surface area contributed by atoms with Gasteiger partial charge in [-0.05, 0) is 120 Å². The first-order chi connectivity index (χ1) is 23.6. The van der Waals surface area contributed by atoms with Crippen LogP contribution in [-0.4, -0.2) is 18.9 Å². The van der Waals surface area contributed by atoms with E-state index in [0.29, 0.717) is 5.92 Å². The van der Waals surface area contributed by atoms with Crippen molar-refractivity contribution < 1.29 is 4.74 Å². The summed E-state index contributed by atoms with van der Waals surface area (Å²) < 4.78 is 11.3. The summed E-state index contributed by atoms with van der Waals surface area (Å²) in [6, 6.07) is 30.5. The Morgan fingerprint density at radius 2 is 1.58 bits per heavy atom. The van der Waals surface area contributed by atoms with Crippen LogP contribution in [0.2, 0.25) is 0 Å². The van der Waals surface area contributed by atoms with Crippen LogP contribution in [0, 0.1) is 0 Å². The molecule has 8 aromatic rings. The molecule has 10 rings (SSSR count). The van der Waals surface area contributed by atoms with Crippen molar-refractivity contribution in [3.8, 4) is 17.3 Å². The quantitative estimate of drug-likeness (QED) is 0.179. The predicted octanol–water partition coefficient (Wildman–Crippen LogP) is 10.9. The summed E-state index contributed by atoms with van der Waals surface area (Å²) in [7, 11) is 0. The number of fused-ring (bicyclic) bond motifs is 6. The molecule has 0 N–H and O–H groups in total. The van der Waals surface area contributed by atoms with E-state index in [1.54, 1.807) is 0 Å². The zero-order chi connectivity index (χ0) is 31.9. The largest absolute Gasteiger partial charge is 0.457 e. The number of aryl methyl sites for hydroxylation is 2. The lowest BCUT2D eigenvalue weighted by Gasteiger charge is -2.21. The SMILES string of the molecule is CC(C)c1ccnc(-n2c3ccccc3c3ccc(Oc4ccc5c(c4)c4ncc6n4c4c(cc(C7=CCCC=C7)cc54)CC6)cc32)c1. The van der Waals surface area contributed by atoms with Crippen LogP contribution in [-0.2, 0) is 12.8 Å². The molecule has 5 heteroatoms. The van der Waals surface area contributed by atoms with Gasteiger partial charge in [0.15, 0.2) is 0 Å². The Balaban J connectivity index is 1.13. The molecule has 0 spiro atoms. The summed E-state index contributed by atoms with van der Waals surface area (Å²) in [6.07, 6.45) is 15.2. The molecular formula is C43H34N4O. The summed E-state index contributed by atoms with van der Waals surface area (Å²) in [4.78, 5) is 9.79. The van der Waals surface area contributed by atoms with Crippen LogP contribution in [0.3, 0.4) is 0 Å². The molecule has 1 aliphatic carbocycles. The number of imidazole rings is 1. The van der Waals surface area contributed by atoms with E-state index in [2.05, 4.69) is 132 Å². The smallest absolute Gasteiger partial charge is 0.145 e. The maximum atomic E-state index is 6.68. The van der Waals surface area contributed by atoms with E-state index in [0.717, 1.165) is 65.1 Å². The van der Waals surface area contributed by atoms with Gasteiger partial charge in [0, 0.05) is 45.7 Å². The lowest BCUT2D eigenvalue weighted by Crippen LogP contribution is -2.08. The van der Waals surface area contributed by atoms with Crippen LogP contribution in [0.1, 0.15) is 55.0 Å². The number of aromatic nitrogens is 4. The molecule has 1 aliphatic heterocycles. The van der Waals surface area contributed by atoms with Gasteiger partial charge in [-0.1, -0.05) is 50.3 Å². The predicted molar refractivity (Wildman–Crippen MR) is 197 cm³/mol. The lowest BCUT2D eigenvalue weighted by atomic mass is 9.91. The zero-order valence-electron chi connectivity index (χ0n) is 27.1. The third kappa shape index (κ3) is 4.10. The molecule has 0 bridgehead atoms. The van der Waals surface area contributed by atoms with Crippen molar-refractivity contribution >= 4 is 54.7 Å². The minimum Gasteiger partial charge on any atom is -0.457 e. The third-order valence-corrected chi connectivity index (χ3v) is 10.3. The molecule has 0 atom stereocenters. The summed E-state index contributed by atoms with van der Waals surface area (Å²) in [5.41, 5.74) is 11.1. The molecule has 5 nitrogen and oxygen atoms in total. The van der Waals surface area contributed by atoms with Gasteiger partial charge >= 0.3 is 0 Å². The topological polar surface area (TPSA) is 44.3 Å². The fourth-order valence-corrected chi connectivity index (χ4v) is 7.93. The van der Waals surface area contributed by atoms with Crippen molar-refractivity contribution in [2.45, 2.75) is 45.4 Å². The summed E-state index contributed by atoms with van der Waals surface area (Å²) >= 11 is 0. The molecule has 0 radical (unpaired) electrons. The normalized spacial score (nSPS) is 14.4. The van der Waals surface area contributed by atoms with Crippen LogP contribution in [0.5, 0.6) is 11.5 Å². The second-order valence-corrected chi connectivity index (χ2v) is 13.5. The van der Waals surface area contributed by atoms with E-state index < -0.39 is 0 Å². The molecule has 4 aromatic heterocycles. The highest BCUT2D eigenvalue weighted by Gasteiger charge is 2.22. The minimum absolute atomic E-state index is 0.412. The molecule has 232 valence electrons. The Bertz CT molecular complexity index is 2690. The van der Waals surface area contributed by atoms with Crippen molar-refractivity contribution in [2.75, 3.05) is 0 Å². The fourth-order valence-electron chi connectivity index (χ4n) is 7.93. The number of hydrogen-bond donors (Lipinski definition) is 0. The van der Waals surface area contributed by atoms with E-state index >= 15 is 0 Å². The highest BCUT2D eigenvalue weighted by molar-refractivity contribution is 6.14. The zero-order valence-corrected chi connectivity index (χ0v) is 27.1. The lowest BCUT2D eigenvalue weighted by molar-refractivity contribution is 0.484. The van der Waals surface area contributed by atoms with Crippen molar-refractivity contribution in [3.63, 3.8) is 0 Å². The van der Waals surface area contributed by atoms with Gasteiger partial charge in [0.05, 0.1) is 16.6 Å². The van der Waals surface area contributed by atoms with Gasteiger partial charge < -0.3 is 4.74 Å². The average Bonchev–Trinajstić information content (AvgIpc) is 3.71. The molecule has 2 aliphatic rings. The van der Waals surface area contributed by atoms with Gasteiger partial charge in [-0.25, -0.2) is 9.97 Å². The molecule has 5 heterocycles. The first kappa shape index (κ1) is 27.4. The molecule has 0 saturated heterocycles. The van der Waals surface area contributed by atoms with E-state index in [9.17, 15) is 0 Å². The van der Waals surface area contributed by atoms with Crippen molar-refractivity contribution in [1.82, 2.24) is 18.9 Å². The number of para-hydroxylation sites is 1. The van der Waals surface area contributed by atoms with E-state index in [1.807, 2.05) is 6.20 Å². The molecular weight excluding hydrogens is 589 g/mol. The minimum atomic E-state index is 0.412. The Morgan fingerprint density at radius 3 is 2.46 bits per heavy atom. The number of hydrogen-bond acceptors (Lipinski definition) is 3. The van der Waals surface area contributed by atoms with E-state index in [-0.39, 0.29) is 0 Å². The van der Waals surface area contributed by atoms with Crippen LogP contribution >= 0.6 is 0 Å². The molecule has 0 saturated carbocycles. The Kier molecular flexibility index (Phi) is 5.95. The van der Waals surface area contributed by atoms with Gasteiger partial charge in [-0.3, -0.25) is 8.97 Å². The first-order valence-electron chi connectivity index (χ1n) is 17.0. The Hall–Kier alpha value is -5.68. The van der Waals surface area contributed by atoms with Gasteiger partial charge in [0.25, 0.3) is 0 Å². The molecule has 48 heavy (non-hydrogen) atoms. The Morgan fingerprint density at radius 1 is 0.729 bits per heavy atom. The number of allylic oxidation sites excluding steroid dienone is 4. The summed E-state index contributed by atoms with van der Waals surface area (Å²) in [5.74, 6) is 2.91. The van der Waals surface area contributed by atoms with Gasteiger partial charge in [0.2, 0.25) is 0 Å². The number of pyridine rings is 2. The average molecular weight is 623 g/mol. The molecule has 0 amide bonds. The monoisotopic (exact) mass is 622 g/mol. The summed E-state index contributed by atoms with van der Waals surface area (Å²) in [6.45, 7) is 4.44. The van der Waals surface area contributed by atoms with Crippen LogP contribution in [0.15, 0.2) is 116 Å². The Labute approximate surface area is 278 Å². The highest BCUT2D eigenvalue weighted by Crippen LogP contribution is 2.40. The van der Waals surface area contributed by atoms with Gasteiger partial charge in [0.1, 0.15) is 23.0 Å². The van der Waals surface area contributed by atoms with Crippen molar-refractivity contribution in [2.24, 2.45) is 0 Å². The molecule has 4 aromatic carbocycles. The standard InChI is InChI=1S/C43H34N4O/c1-26(2)28-18-19-44-41(22-28)47-39-11-7-6-10-35(39)36-17-15-33(24-40(36)47)48-32-14-16-34-37-21-30(27-8-4-3-5-9-27)20-29-12-13-31-25-45-43(38(34)23-32)46(31)42(29)37/h4,6-11,14-26H,3,5,12-13H2,1-2H3. The second kappa shape index (κ2) is 10.4. The number of rotatable bonds is 5. The number of ether oxygens (including phenoxy) is 1. The third-order valence-electron chi connectivity index (χ3n) is 10.3. The maximum absolute atomic E-state index is 6.68. The first-order valence-corrected chi connectivity index (χ1v) is 17.0. The number of benzene rings is 4. The highest BCUT2D eigenvalue weighted by atomic mass is 16.5. The van der Waals surface area contributed by atoms with Gasteiger partial charge in [-0.15, -0.1) is 0 Å². The molecule has 0 fully saturated rings. The second-order valence-electron chi connectivity index (χ2n) is 13.5. The van der Waals surface area contributed by atoms with Crippen LogP contribution < -0.4 is 4.74 Å². The van der Waals surface area contributed by atoms with Crippen LogP contribution in [0.25, 0.3) is 60.5 Å². The van der Waals surface area contributed by atoms with E-state index in [4.69, 9.17) is 14.7 Å². The van der Waals surface area contributed by atoms with Crippen molar-refractivity contribution in [3.05, 3.63) is 138 Å². The maximum Gasteiger partial charge on any atom is 0.145 e. The number of nitrogens with zero attached hydrogens (tertiary/aromatic N) is 4. The molecule has 0 unspecified atom stereocenters. The van der Waals surface area contributed by atoms with Crippen molar-refractivity contribution in [1.29, 1.82) is 0 Å². The van der Waals surface area contributed by atoms with Crippen LogP contribution in [0.4, 0.5) is 0 Å². The van der Waals surface area contributed by atoms with Gasteiger partial charge in [-0.2, -0.15) is 0 Å². The summed E-state index contributed by atoms with van der Waals surface area (Å²) in [5, 5.41) is 5.96. The van der Waals surface area contributed by atoms with E-state index in [1.165, 1.54) is 55.0 Å². The fraction of sp³-hybridized carbons (Fsp3) is 0.163.